The summed E-state index contributed by atoms with van der Waals surface area (Å²) in [7, 11) is 0. The number of aryl methyl sites for hydroxylation is 4. The highest BCUT2D eigenvalue weighted by atomic mass is 32.2. The number of nitrogens with zero attached hydrogens (tertiary/aromatic N) is 6. The van der Waals surface area contributed by atoms with Crippen LogP contribution in [0.2, 0.25) is 0 Å². The maximum Gasteiger partial charge on any atom is 0.237 e. The second kappa shape index (κ2) is 9.97. The van der Waals surface area contributed by atoms with Gasteiger partial charge in [0.1, 0.15) is 0 Å². The Kier molecular flexibility index (Phi) is 6.36. The maximum absolute atomic E-state index is 13.3. The molecule has 1 aliphatic heterocycles. The Hall–Kier alpha value is -4.12. The molecular weight excluding hydrogens is 502 g/mol. The number of rotatable bonds is 8. The van der Waals surface area contributed by atoms with Gasteiger partial charge in [-0.25, -0.2) is 9.97 Å². The van der Waals surface area contributed by atoms with Crippen molar-refractivity contribution in [3.8, 4) is 11.5 Å². The van der Waals surface area contributed by atoms with E-state index in [0.29, 0.717) is 47.6 Å². The number of ether oxygens (including phenoxy) is 2. The third-order valence-corrected chi connectivity index (χ3v) is 7.70. The van der Waals surface area contributed by atoms with Crippen LogP contribution in [0.5, 0.6) is 11.5 Å². The van der Waals surface area contributed by atoms with Gasteiger partial charge in [-0.2, -0.15) is 9.61 Å². The highest BCUT2D eigenvalue weighted by molar-refractivity contribution is 8.00. The van der Waals surface area contributed by atoms with Crippen molar-refractivity contribution >= 4 is 39.9 Å². The third kappa shape index (κ3) is 4.65. The number of hydrogen-bond acceptors (Lipinski definition) is 8. The number of benzene rings is 2. The van der Waals surface area contributed by atoms with E-state index < -0.39 is 0 Å². The highest BCUT2D eigenvalue weighted by Crippen LogP contribution is 2.35. The Morgan fingerprint density at radius 3 is 2.74 bits per heavy atom. The first-order valence-corrected chi connectivity index (χ1v) is 13.4. The average molecular weight is 530 g/mol. The van der Waals surface area contributed by atoms with Gasteiger partial charge in [0.2, 0.25) is 12.7 Å². The molecule has 194 valence electrons. The first kappa shape index (κ1) is 24.2. The summed E-state index contributed by atoms with van der Waals surface area (Å²) in [5.74, 6) is 1.88. The summed E-state index contributed by atoms with van der Waals surface area (Å²) in [6.07, 6.45) is 1.24. The Balaban J connectivity index is 1.28. The number of carbonyl (C=O) groups excluding carboxylic acids is 1. The fourth-order valence-electron chi connectivity index (χ4n) is 4.51. The molecule has 4 heterocycles. The number of amides is 1. The van der Waals surface area contributed by atoms with Gasteiger partial charge in [0.25, 0.3) is 0 Å². The fourth-order valence-corrected chi connectivity index (χ4v) is 5.47. The van der Waals surface area contributed by atoms with Crippen molar-refractivity contribution in [2.75, 3.05) is 12.1 Å². The van der Waals surface area contributed by atoms with Crippen LogP contribution in [0.15, 0.2) is 53.7 Å². The van der Waals surface area contributed by atoms with Crippen LogP contribution in [0.1, 0.15) is 30.6 Å². The summed E-state index contributed by atoms with van der Waals surface area (Å²) in [5.41, 5.74) is 4.29. The number of carbonyl (C=O) groups is 1. The lowest BCUT2D eigenvalue weighted by Crippen LogP contribution is -2.25. The van der Waals surface area contributed by atoms with Gasteiger partial charge >= 0.3 is 0 Å². The van der Waals surface area contributed by atoms with E-state index in [4.69, 9.17) is 24.5 Å². The first-order valence-electron chi connectivity index (χ1n) is 12.5. The van der Waals surface area contributed by atoms with Gasteiger partial charge in [0.05, 0.1) is 16.5 Å². The van der Waals surface area contributed by atoms with Crippen molar-refractivity contribution in [3.05, 3.63) is 65.7 Å². The minimum Gasteiger partial charge on any atom is -0.454 e. The number of para-hydroxylation sites is 1. The molecule has 5 aromatic rings. The van der Waals surface area contributed by atoms with Gasteiger partial charge in [-0.3, -0.25) is 9.48 Å². The van der Waals surface area contributed by atoms with Crippen LogP contribution in [-0.4, -0.2) is 47.3 Å². The molecule has 0 fully saturated rings. The van der Waals surface area contributed by atoms with E-state index in [9.17, 15) is 4.79 Å². The minimum atomic E-state index is -0.389. The molecule has 1 amide bonds. The number of hydrogen-bond donors (Lipinski definition) is 1. The molecule has 0 spiro atoms. The molecule has 6 rings (SSSR count). The van der Waals surface area contributed by atoms with Gasteiger partial charge in [0, 0.05) is 35.8 Å². The van der Waals surface area contributed by atoms with Crippen molar-refractivity contribution in [3.63, 3.8) is 0 Å². The Labute approximate surface area is 223 Å². The number of aromatic nitrogens is 6. The molecule has 1 atom stereocenters. The van der Waals surface area contributed by atoms with Crippen molar-refractivity contribution in [1.82, 2.24) is 29.4 Å². The summed E-state index contributed by atoms with van der Waals surface area (Å²) in [6.45, 7) is 6.88. The molecule has 1 aliphatic rings. The monoisotopic (exact) mass is 529 g/mol. The van der Waals surface area contributed by atoms with E-state index in [1.807, 2.05) is 55.8 Å². The molecule has 0 saturated heterocycles. The average Bonchev–Trinajstić information content (AvgIpc) is 3.63. The van der Waals surface area contributed by atoms with E-state index in [2.05, 4.69) is 16.5 Å². The number of fused-ring (bicyclic) bond motifs is 4. The Morgan fingerprint density at radius 2 is 1.92 bits per heavy atom. The zero-order valence-electron chi connectivity index (χ0n) is 21.3. The van der Waals surface area contributed by atoms with Gasteiger partial charge < -0.3 is 14.8 Å². The van der Waals surface area contributed by atoms with E-state index in [1.165, 1.54) is 11.8 Å². The molecule has 11 heteroatoms. The Bertz CT molecular complexity index is 1660. The summed E-state index contributed by atoms with van der Waals surface area (Å²) < 4.78 is 14.5. The lowest BCUT2D eigenvalue weighted by atomic mass is 10.2. The molecule has 2 aromatic carbocycles. The predicted octanol–water partition coefficient (Wildman–Crippen LogP) is 4.57. The summed E-state index contributed by atoms with van der Waals surface area (Å²) in [5, 5.41) is 13.5. The minimum absolute atomic E-state index is 0.121. The molecule has 0 aliphatic carbocycles. The van der Waals surface area contributed by atoms with E-state index in [-0.39, 0.29) is 18.0 Å². The summed E-state index contributed by atoms with van der Waals surface area (Å²) >= 11 is 1.38. The first-order chi connectivity index (χ1) is 18.5. The van der Waals surface area contributed by atoms with E-state index >= 15 is 0 Å². The van der Waals surface area contributed by atoms with E-state index in [1.54, 1.807) is 16.6 Å². The van der Waals surface area contributed by atoms with Crippen LogP contribution in [0, 0.1) is 13.8 Å². The summed E-state index contributed by atoms with van der Waals surface area (Å²) in [6, 6.07) is 15.3. The molecule has 1 N–H and O–H groups in total. The smallest absolute Gasteiger partial charge is 0.237 e. The van der Waals surface area contributed by atoms with Crippen LogP contribution in [0.25, 0.3) is 16.6 Å². The van der Waals surface area contributed by atoms with Crippen molar-refractivity contribution in [2.24, 2.45) is 0 Å². The highest BCUT2D eigenvalue weighted by Gasteiger charge is 2.23. The Morgan fingerprint density at radius 1 is 1.08 bits per heavy atom. The maximum atomic E-state index is 13.3. The molecule has 3 aromatic heterocycles. The number of anilines is 1. The van der Waals surface area contributed by atoms with Crippen molar-refractivity contribution < 1.29 is 14.3 Å². The third-order valence-electron chi connectivity index (χ3n) is 6.39. The van der Waals surface area contributed by atoms with Crippen LogP contribution >= 0.6 is 11.8 Å². The standard InChI is InChI=1S/C27H27N7O3S/c1-4-23(26(35)28-18-9-10-21-22(14-18)37-15-36-21)38-27-29-20-8-6-5-7-19(20)25-30-24(32-34(25)27)11-12-33-17(3)13-16(2)31-33/h5-10,13-14,23H,4,11-12,15H2,1-3H3,(H,28,35)/t23-/m0/s1. The lowest BCUT2D eigenvalue weighted by Gasteiger charge is -2.15. The zero-order valence-corrected chi connectivity index (χ0v) is 22.2. The number of thioether (sulfide) groups is 1. The van der Waals surface area contributed by atoms with E-state index in [0.717, 1.165) is 27.9 Å². The second-order valence-corrected chi connectivity index (χ2v) is 10.3. The number of nitrogens with one attached hydrogen (secondary N) is 1. The van der Waals surface area contributed by atoms with Crippen LogP contribution in [-0.2, 0) is 17.8 Å². The molecule has 10 nitrogen and oxygen atoms in total. The molecule has 0 radical (unpaired) electrons. The zero-order chi connectivity index (χ0) is 26.2. The SMILES string of the molecule is CC[C@H](Sc1nc2ccccc2c2nc(CCn3nc(C)cc3C)nn12)C(=O)Nc1ccc2c(c1)OCO2. The van der Waals surface area contributed by atoms with Gasteiger partial charge in [-0.15, -0.1) is 5.10 Å². The van der Waals surface area contributed by atoms with Crippen LogP contribution < -0.4 is 14.8 Å². The molecule has 0 bridgehead atoms. The van der Waals surface area contributed by atoms with Gasteiger partial charge in [-0.1, -0.05) is 30.8 Å². The quantitative estimate of drug-likeness (QED) is 0.230. The second-order valence-electron chi connectivity index (χ2n) is 9.15. The fraction of sp³-hybridized carbons (Fsp3) is 0.296. The van der Waals surface area contributed by atoms with Gasteiger partial charge in [0.15, 0.2) is 28.1 Å². The van der Waals surface area contributed by atoms with Crippen molar-refractivity contribution in [1.29, 1.82) is 0 Å². The lowest BCUT2D eigenvalue weighted by molar-refractivity contribution is -0.115. The van der Waals surface area contributed by atoms with Crippen molar-refractivity contribution in [2.45, 2.75) is 50.6 Å². The van der Waals surface area contributed by atoms with Crippen LogP contribution in [0.4, 0.5) is 5.69 Å². The molecule has 0 saturated carbocycles. The molecule has 38 heavy (non-hydrogen) atoms. The molecular formula is C27H27N7O3S. The largest absolute Gasteiger partial charge is 0.454 e. The normalized spacial score (nSPS) is 13.3. The topological polar surface area (TPSA) is 108 Å². The summed E-state index contributed by atoms with van der Waals surface area (Å²) in [4.78, 5) is 23.0. The molecule has 0 unspecified atom stereocenters. The predicted molar refractivity (Wildman–Crippen MR) is 145 cm³/mol. The van der Waals surface area contributed by atoms with Crippen LogP contribution in [0.3, 0.4) is 0 Å². The van der Waals surface area contributed by atoms with Gasteiger partial charge in [-0.05, 0) is 50.6 Å².